The molecule has 5 nitrogen and oxygen atoms in total. The topological polar surface area (TPSA) is 67.9 Å². The first kappa shape index (κ1) is 15.4. The lowest BCUT2D eigenvalue weighted by atomic mass is 10.3. The minimum Gasteiger partial charge on any atom is -0.384 e. The summed E-state index contributed by atoms with van der Waals surface area (Å²) in [7, 11) is 0. The molecule has 2 aromatic heterocycles. The lowest BCUT2D eigenvalue weighted by Crippen LogP contribution is -2.17. The number of nitrogens with zero attached hydrogens (tertiary/aromatic N) is 4. The second-order valence-corrected chi connectivity index (χ2v) is 6.87. The molecule has 1 saturated heterocycles. The third-order valence-corrected chi connectivity index (χ3v) is 5.04. The van der Waals surface area contributed by atoms with Gasteiger partial charge in [-0.15, -0.1) is 11.8 Å². The number of pyridine rings is 1. The molecule has 0 atom stereocenters. The Balaban J connectivity index is 1.68. The number of hydrogen-bond donors (Lipinski definition) is 1. The van der Waals surface area contributed by atoms with Crippen LogP contribution in [0.5, 0.6) is 0 Å². The smallest absolute Gasteiger partial charge is 0.190 e. The first-order chi connectivity index (χ1) is 10.7. The Labute approximate surface area is 139 Å². The number of hydrogen-bond acceptors (Lipinski definition) is 7. The van der Waals surface area contributed by atoms with Crippen LogP contribution in [-0.2, 0) is 5.75 Å². The standard InChI is InChI=1S/C15H19N5S2/c1-21-14-9-13(16)18-15(19-14)22-10-11-8-12(4-5-17-11)20-6-2-3-7-20/h4-5,8-9H,2-3,6-7,10H2,1H3,(H2,16,18,19). The van der Waals surface area contributed by atoms with Crippen molar-refractivity contribution in [1.82, 2.24) is 15.0 Å². The van der Waals surface area contributed by atoms with Crippen LogP contribution in [0.4, 0.5) is 11.5 Å². The molecule has 0 aromatic carbocycles. The van der Waals surface area contributed by atoms with Gasteiger partial charge in [-0.05, 0) is 31.2 Å². The molecular weight excluding hydrogens is 314 g/mol. The number of nitrogens with two attached hydrogens (primary N) is 1. The van der Waals surface area contributed by atoms with Crippen LogP contribution in [0.15, 0.2) is 34.6 Å². The number of nitrogen functional groups attached to an aromatic ring is 1. The van der Waals surface area contributed by atoms with Crippen molar-refractivity contribution in [2.75, 3.05) is 30.0 Å². The molecule has 0 amide bonds. The third kappa shape index (κ3) is 3.84. The summed E-state index contributed by atoms with van der Waals surface area (Å²) in [5, 5.41) is 1.60. The van der Waals surface area contributed by atoms with Crippen LogP contribution >= 0.6 is 23.5 Å². The van der Waals surface area contributed by atoms with Crippen molar-refractivity contribution >= 4 is 35.0 Å². The summed E-state index contributed by atoms with van der Waals surface area (Å²) in [5.74, 6) is 1.26. The zero-order chi connectivity index (χ0) is 15.4. The number of aromatic nitrogens is 3. The molecule has 0 aliphatic carbocycles. The van der Waals surface area contributed by atoms with Gasteiger partial charge in [0.05, 0.1) is 5.69 Å². The molecule has 3 heterocycles. The van der Waals surface area contributed by atoms with Crippen molar-refractivity contribution in [2.45, 2.75) is 28.8 Å². The summed E-state index contributed by atoms with van der Waals surface area (Å²) >= 11 is 3.14. The minimum atomic E-state index is 0.514. The van der Waals surface area contributed by atoms with Gasteiger partial charge in [0.25, 0.3) is 0 Å². The monoisotopic (exact) mass is 333 g/mol. The van der Waals surface area contributed by atoms with Gasteiger partial charge < -0.3 is 10.6 Å². The molecule has 1 aliphatic heterocycles. The summed E-state index contributed by atoms with van der Waals surface area (Å²) in [6, 6.07) is 6.05. The molecule has 0 unspecified atom stereocenters. The summed E-state index contributed by atoms with van der Waals surface area (Å²) in [5.41, 5.74) is 8.12. The van der Waals surface area contributed by atoms with Crippen LogP contribution in [0.25, 0.3) is 0 Å². The molecule has 1 fully saturated rings. The molecule has 1 aliphatic rings. The van der Waals surface area contributed by atoms with Gasteiger partial charge in [-0.25, -0.2) is 9.97 Å². The van der Waals surface area contributed by atoms with Crippen LogP contribution < -0.4 is 10.6 Å². The van der Waals surface area contributed by atoms with Gasteiger partial charge in [-0.2, -0.15) is 0 Å². The highest BCUT2D eigenvalue weighted by Crippen LogP contribution is 2.25. The molecule has 2 N–H and O–H groups in total. The van der Waals surface area contributed by atoms with E-state index in [2.05, 4.69) is 32.0 Å². The van der Waals surface area contributed by atoms with Gasteiger partial charge in [-0.1, -0.05) is 11.8 Å². The van der Waals surface area contributed by atoms with Gasteiger partial charge in [0, 0.05) is 36.8 Å². The molecule has 22 heavy (non-hydrogen) atoms. The Bertz CT molecular complexity index is 644. The van der Waals surface area contributed by atoms with E-state index < -0.39 is 0 Å². The van der Waals surface area contributed by atoms with E-state index >= 15 is 0 Å². The van der Waals surface area contributed by atoms with E-state index in [1.807, 2.05) is 12.5 Å². The van der Waals surface area contributed by atoms with Crippen molar-refractivity contribution in [3.63, 3.8) is 0 Å². The van der Waals surface area contributed by atoms with Crippen molar-refractivity contribution < 1.29 is 0 Å². The van der Waals surface area contributed by atoms with Crippen molar-refractivity contribution in [1.29, 1.82) is 0 Å². The zero-order valence-corrected chi connectivity index (χ0v) is 14.2. The van der Waals surface area contributed by atoms with Crippen LogP contribution in [0.3, 0.4) is 0 Å². The van der Waals surface area contributed by atoms with Crippen LogP contribution in [-0.4, -0.2) is 34.3 Å². The average Bonchev–Trinajstić information content (AvgIpc) is 3.07. The summed E-state index contributed by atoms with van der Waals surface area (Å²) in [6.07, 6.45) is 6.43. The first-order valence-corrected chi connectivity index (χ1v) is 9.47. The maximum absolute atomic E-state index is 5.81. The molecule has 116 valence electrons. The molecule has 0 saturated carbocycles. The highest BCUT2D eigenvalue weighted by molar-refractivity contribution is 7.99. The van der Waals surface area contributed by atoms with Gasteiger partial charge in [0.15, 0.2) is 5.16 Å². The van der Waals surface area contributed by atoms with E-state index in [-0.39, 0.29) is 0 Å². The Morgan fingerprint density at radius 2 is 2.05 bits per heavy atom. The maximum atomic E-state index is 5.81. The van der Waals surface area contributed by atoms with Crippen LogP contribution in [0, 0.1) is 0 Å². The number of rotatable bonds is 5. The van der Waals surface area contributed by atoms with E-state index in [4.69, 9.17) is 5.73 Å². The molecule has 0 spiro atoms. The first-order valence-electron chi connectivity index (χ1n) is 7.26. The third-order valence-electron chi connectivity index (χ3n) is 3.53. The fraction of sp³-hybridized carbons (Fsp3) is 0.400. The molecule has 3 rings (SSSR count). The van der Waals surface area contributed by atoms with E-state index in [0.29, 0.717) is 11.0 Å². The van der Waals surface area contributed by atoms with Crippen LogP contribution in [0.2, 0.25) is 0 Å². The number of anilines is 2. The van der Waals surface area contributed by atoms with Gasteiger partial charge in [-0.3, -0.25) is 4.98 Å². The minimum absolute atomic E-state index is 0.514. The van der Waals surface area contributed by atoms with Crippen molar-refractivity contribution in [3.8, 4) is 0 Å². The second kappa shape index (κ2) is 7.19. The maximum Gasteiger partial charge on any atom is 0.190 e. The quantitative estimate of drug-likeness (QED) is 0.512. The summed E-state index contributed by atoms with van der Waals surface area (Å²) in [6.45, 7) is 2.29. The Kier molecular flexibility index (Phi) is 5.04. The predicted octanol–water partition coefficient (Wildman–Crippen LogP) is 3.07. The van der Waals surface area contributed by atoms with E-state index in [1.165, 1.54) is 18.5 Å². The van der Waals surface area contributed by atoms with Gasteiger partial charge in [0.2, 0.25) is 0 Å². The Hall–Kier alpha value is -1.47. The lowest BCUT2D eigenvalue weighted by Gasteiger charge is -2.17. The second-order valence-electron chi connectivity index (χ2n) is 5.11. The molecule has 2 aromatic rings. The lowest BCUT2D eigenvalue weighted by molar-refractivity contribution is 0.899. The van der Waals surface area contributed by atoms with Crippen LogP contribution in [0.1, 0.15) is 18.5 Å². The fourth-order valence-electron chi connectivity index (χ4n) is 2.44. The normalized spacial score (nSPS) is 14.5. The van der Waals surface area contributed by atoms with E-state index in [0.717, 1.165) is 29.6 Å². The fourth-order valence-corrected chi connectivity index (χ4v) is 3.69. The Morgan fingerprint density at radius 3 is 2.82 bits per heavy atom. The zero-order valence-electron chi connectivity index (χ0n) is 12.5. The van der Waals surface area contributed by atoms with Gasteiger partial charge >= 0.3 is 0 Å². The van der Waals surface area contributed by atoms with Crippen molar-refractivity contribution in [2.24, 2.45) is 0 Å². The molecule has 0 radical (unpaired) electrons. The Morgan fingerprint density at radius 1 is 1.23 bits per heavy atom. The SMILES string of the molecule is CSc1cc(N)nc(SCc2cc(N3CCCC3)ccn2)n1. The molecule has 7 heteroatoms. The van der Waals surface area contributed by atoms with Gasteiger partial charge in [0.1, 0.15) is 10.8 Å². The van der Waals surface area contributed by atoms with E-state index in [1.54, 1.807) is 29.6 Å². The van der Waals surface area contributed by atoms with E-state index in [9.17, 15) is 0 Å². The predicted molar refractivity (Wildman–Crippen MR) is 93.5 cm³/mol. The largest absolute Gasteiger partial charge is 0.384 e. The highest BCUT2D eigenvalue weighted by atomic mass is 32.2. The average molecular weight is 333 g/mol. The molecule has 0 bridgehead atoms. The van der Waals surface area contributed by atoms with Crippen molar-refractivity contribution in [3.05, 3.63) is 30.1 Å². The number of thioether (sulfide) groups is 2. The highest BCUT2D eigenvalue weighted by Gasteiger charge is 2.13. The summed E-state index contributed by atoms with van der Waals surface area (Å²) < 4.78 is 0. The summed E-state index contributed by atoms with van der Waals surface area (Å²) in [4.78, 5) is 15.6. The molecular formula is C15H19N5S2.